The molecule has 0 N–H and O–H groups in total. The van der Waals surface area contributed by atoms with E-state index in [1.807, 2.05) is 31.5 Å². The lowest BCUT2D eigenvalue weighted by Gasteiger charge is -2.37. The molecule has 37 heavy (non-hydrogen) atoms. The minimum absolute atomic E-state index is 0.105. The average molecular weight is 495 g/mol. The second kappa shape index (κ2) is 9.96. The third-order valence-electron chi connectivity index (χ3n) is 7.97. The molecule has 0 spiro atoms. The van der Waals surface area contributed by atoms with Crippen LogP contribution >= 0.6 is 0 Å². The van der Waals surface area contributed by atoms with Crippen LogP contribution in [0.1, 0.15) is 61.3 Å². The third-order valence-corrected chi connectivity index (χ3v) is 7.97. The number of carbonyl (C=O) groups is 1. The van der Waals surface area contributed by atoms with Gasteiger partial charge in [-0.2, -0.15) is 0 Å². The monoisotopic (exact) mass is 494 g/mol. The number of ketones is 1. The van der Waals surface area contributed by atoms with Crippen molar-refractivity contribution in [1.29, 1.82) is 0 Å². The molecule has 1 saturated carbocycles. The van der Waals surface area contributed by atoms with Gasteiger partial charge in [0.05, 0.1) is 0 Å². The lowest BCUT2D eigenvalue weighted by molar-refractivity contribution is 0.101. The van der Waals surface area contributed by atoms with Gasteiger partial charge in [0.1, 0.15) is 17.3 Å². The van der Waals surface area contributed by atoms with E-state index in [-0.39, 0.29) is 5.78 Å². The molecule has 0 amide bonds. The van der Waals surface area contributed by atoms with Crippen LogP contribution in [0.5, 0.6) is 0 Å². The number of aryl methyl sites for hydroxylation is 1. The third kappa shape index (κ3) is 4.70. The molecule has 6 rings (SSSR count). The number of hydrogen-bond acceptors (Lipinski definition) is 6. The first kappa shape index (κ1) is 23.6. The molecule has 4 heterocycles. The van der Waals surface area contributed by atoms with E-state index in [2.05, 4.69) is 54.8 Å². The number of pyridine rings is 1. The fourth-order valence-electron chi connectivity index (χ4n) is 5.79. The van der Waals surface area contributed by atoms with E-state index in [9.17, 15) is 4.79 Å². The van der Waals surface area contributed by atoms with Gasteiger partial charge in [-0.1, -0.05) is 19.3 Å². The Morgan fingerprint density at radius 1 is 0.865 bits per heavy atom. The molecule has 0 bridgehead atoms. The number of piperazine rings is 1. The molecule has 1 aliphatic carbocycles. The summed E-state index contributed by atoms with van der Waals surface area (Å²) in [6, 6.07) is 12.9. The first-order valence-corrected chi connectivity index (χ1v) is 13.5. The number of carbonyl (C=O) groups excluding carboxylic acids is 1. The lowest BCUT2D eigenvalue weighted by Crippen LogP contribution is -2.46. The second-order valence-corrected chi connectivity index (χ2v) is 10.4. The van der Waals surface area contributed by atoms with Crippen LogP contribution in [0.2, 0.25) is 0 Å². The zero-order valence-electron chi connectivity index (χ0n) is 21.7. The van der Waals surface area contributed by atoms with Gasteiger partial charge in [0.25, 0.3) is 0 Å². The highest BCUT2D eigenvalue weighted by atomic mass is 16.1. The van der Waals surface area contributed by atoms with Crippen LogP contribution in [0.15, 0.2) is 55.0 Å². The minimum Gasteiger partial charge on any atom is -0.368 e. The molecule has 1 saturated heterocycles. The summed E-state index contributed by atoms with van der Waals surface area (Å²) in [5, 5.41) is 1.17. The van der Waals surface area contributed by atoms with Crippen LogP contribution in [0.25, 0.3) is 22.2 Å². The summed E-state index contributed by atoms with van der Waals surface area (Å²) in [7, 11) is 0. The van der Waals surface area contributed by atoms with Crippen molar-refractivity contribution in [3.63, 3.8) is 0 Å². The molecular weight excluding hydrogens is 460 g/mol. The first-order chi connectivity index (χ1) is 18.1. The summed E-state index contributed by atoms with van der Waals surface area (Å²) in [5.41, 5.74) is 5.21. The van der Waals surface area contributed by atoms with Crippen LogP contribution in [0.3, 0.4) is 0 Å². The summed E-state index contributed by atoms with van der Waals surface area (Å²) in [4.78, 5) is 30.6. The van der Waals surface area contributed by atoms with Gasteiger partial charge in [-0.25, -0.2) is 15.0 Å². The van der Waals surface area contributed by atoms with Gasteiger partial charge in [0.2, 0.25) is 0 Å². The van der Waals surface area contributed by atoms with Gasteiger partial charge in [-0.3, -0.25) is 4.79 Å². The molecule has 1 aromatic carbocycles. The van der Waals surface area contributed by atoms with Gasteiger partial charge in [-0.15, -0.1) is 0 Å². The quantitative estimate of drug-likeness (QED) is 0.325. The highest BCUT2D eigenvalue weighted by molar-refractivity contribution is 5.95. The van der Waals surface area contributed by atoms with Crippen molar-refractivity contribution < 1.29 is 4.79 Å². The summed E-state index contributed by atoms with van der Waals surface area (Å²) < 4.78 is 2.43. The number of anilines is 2. The number of hydrogen-bond donors (Lipinski definition) is 0. The normalized spacial score (nSPS) is 16.9. The molecule has 0 radical (unpaired) electrons. The van der Waals surface area contributed by atoms with Crippen LogP contribution in [0.4, 0.5) is 11.5 Å². The van der Waals surface area contributed by atoms with Gasteiger partial charge < -0.3 is 14.4 Å². The van der Waals surface area contributed by atoms with Crippen molar-refractivity contribution in [3.05, 3.63) is 66.4 Å². The number of rotatable bonds is 5. The highest BCUT2D eigenvalue weighted by Crippen LogP contribution is 2.37. The maximum atomic E-state index is 11.6. The van der Waals surface area contributed by atoms with Crippen LogP contribution < -0.4 is 9.80 Å². The van der Waals surface area contributed by atoms with Crippen molar-refractivity contribution in [2.24, 2.45) is 0 Å². The standard InChI is InChI=1S/C30H34N6O/c1-21(37)23-8-10-25(11-9-23)34-14-16-35(17-15-34)29-13-12-27-28(24-18-31-22(2)32-19-24)20-36(30(27)33-29)26-6-4-3-5-7-26/h8-13,18-20,26H,3-7,14-17H2,1-2H3. The van der Waals surface area contributed by atoms with Crippen LogP contribution in [-0.4, -0.2) is 51.5 Å². The molecule has 7 nitrogen and oxygen atoms in total. The Morgan fingerprint density at radius 2 is 1.54 bits per heavy atom. The maximum Gasteiger partial charge on any atom is 0.159 e. The predicted octanol–water partition coefficient (Wildman–Crippen LogP) is 5.84. The topological polar surface area (TPSA) is 67.2 Å². The van der Waals surface area contributed by atoms with Crippen LogP contribution in [-0.2, 0) is 0 Å². The van der Waals surface area contributed by atoms with E-state index < -0.39 is 0 Å². The molecule has 1 aliphatic heterocycles. The second-order valence-electron chi connectivity index (χ2n) is 10.4. The summed E-state index contributed by atoms with van der Waals surface area (Å²) >= 11 is 0. The molecule has 190 valence electrons. The van der Waals surface area contributed by atoms with E-state index in [0.717, 1.165) is 54.6 Å². The van der Waals surface area contributed by atoms with Crippen molar-refractivity contribution in [1.82, 2.24) is 19.5 Å². The molecule has 2 aliphatic rings. The minimum atomic E-state index is 0.105. The van der Waals surface area contributed by atoms with Crippen molar-refractivity contribution >= 4 is 28.3 Å². The Balaban J connectivity index is 1.27. The van der Waals surface area contributed by atoms with Crippen LogP contribution in [0, 0.1) is 6.92 Å². The molecule has 0 atom stereocenters. The average Bonchev–Trinajstić information content (AvgIpc) is 3.33. The SMILES string of the molecule is CC(=O)c1ccc(N2CCN(c3ccc4c(-c5cnc(C)nc5)cn(C5CCCCC5)c4n3)CC2)cc1. The van der Waals surface area contributed by atoms with Gasteiger partial charge in [-0.05, 0) is 63.1 Å². The summed E-state index contributed by atoms with van der Waals surface area (Å²) in [6.45, 7) is 7.21. The highest BCUT2D eigenvalue weighted by Gasteiger charge is 2.23. The molecule has 7 heteroatoms. The smallest absolute Gasteiger partial charge is 0.159 e. The summed E-state index contributed by atoms with van der Waals surface area (Å²) in [6.07, 6.45) is 12.5. The number of Topliss-reactive ketones (excluding diaryl/α,β-unsaturated/α-hetero) is 1. The number of aromatic nitrogens is 4. The molecule has 2 fully saturated rings. The number of benzene rings is 1. The largest absolute Gasteiger partial charge is 0.368 e. The summed E-state index contributed by atoms with van der Waals surface area (Å²) in [5.74, 6) is 1.93. The Labute approximate surface area is 218 Å². The maximum absolute atomic E-state index is 11.6. The number of nitrogens with zero attached hydrogens (tertiary/aromatic N) is 6. The van der Waals surface area contributed by atoms with E-state index in [0.29, 0.717) is 6.04 Å². The predicted molar refractivity (Wildman–Crippen MR) is 148 cm³/mol. The van der Waals surface area contributed by atoms with Crippen molar-refractivity contribution in [2.45, 2.75) is 52.0 Å². The van der Waals surface area contributed by atoms with Crippen molar-refractivity contribution in [2.75, 3.05) is 36.0 Å². The fourth-order valence-corrected chi connectivity index (χ4v) is 5.79. The Kier molecular flexibility index (Phi) is 6.37. The Hall–Kier alpha value is -3.74. The van der Waals surface area contributed by atoms with Crippen molar-refractivity contribution in [3.8, 4) is 11.1 Å². The van der Waals surface area contributed by atoms with E-state index in [1.54, 1.807) is 6.92 Å². The van der Waals surface area contributed by atoms with E-state index in [4.69, 9.17) is 4.98 Å². The van der Waals surface area contributed by atoms with E-state index in [1.165, 1.54) is 48.7 Å². The number of fused-ring (bicyclic) bond motifs is 1. The molecule has 0 unspecified atom stereocenters. The van der Waals surface area contributed by atoms with E-state index >= 15 is 0 Å². The zero-order valence-corrected chi connectivity index (χ0v) is 21.7. The fraction of sp³-hybridized carbons (Fsp3) is 0.400. The zero-order chi connectivity index (χ0) is 25.4. The Morgan fingerprint density at radius 3 is 2.22 bits per heavy atom. The Bertz CT molecular complexity index is 1390. The van der Waals surface area contributed by atoms with Gasteiger partial charge >= 0.3 is 0 Å². The lowest BCUT2D eigenvalue weighted by atomic mass is 9.95. The van der Waals surface area contributed by atoms with Gasteiger partial charge in [0, 0.05) is 78.6 Å². The molecule has 4 aromatic rings. The molecular formula is C30H34N6O. The first-order valence-electron chi connectivity index (χ1n) is 13.5. The van der Waals surface area contributed by atoms with Gasteiger partial charge in [0.15, 0.2) is 5.78 Å². The molecule has 3 aromatic heterocycles.